The van der Waals surface area contributed by atoms with Crippen LogP contribution in [0.4, 0.5) is 26.7 Å². The molecule has 0 saturated heterocycles. The van der Waals surface area contributed by atoms with Crippen LogP contribution in [0.15, 0.2) is 36.4 Å². The number of hydrogen-bond acceptors (Lipinski definition) is 2. The normalized spacial score (nSPS) is 18.5. The number of alkyl halides is 2. The Morgan fingerprint density at radius 3 is 2.47 bits per heavy atom. The van der Waals surface area contributed by atoms with E-state index in [1.807, 2.05) is 5.32 Å². The number of halogens is 5. The fourth-order valence-electron chi connectivity index (χ4n) is 3.76. The molecule has 0 spiro atoms. The summed E-state index contributed by atoms with van der Waals surface area (Å²) >= 11 is 0. The lowest BCUT2D eigenvalue weighted by Gasteiger charge is -2.35. The van der Waals surface area contributed by atoms with Crippen LogP contribution in [0.2, 0.25) is 0 Å². The van der Waals surface area contributed by atoms with Crippen LogP contribution in [0.1, 0.15) is 24.3 Å². The molecule has 3 aromatic rings. The zero-order valence-electron chi connectivity index (χ0n) is 15.5. The number of H-pyrrole nitrogens is 1. The van der Waals surface area contributed by atoms with Crippen molar-refractivity contribution in [1.29, 1.82) is 0 Å². The van der Waals surface area contributed by atoms with Crippen LogP contribution in [-0.4, -0.2) is 30.2 Å². The van der Waals surface area contributed by atoms with Crippen LogP contribution in [0, 0.1) is 17.5 Å². The highest BCUT2D eigenvalue weighted by molar-refractivity contribution is 5.92. The van der Waals surface area contributed by atoms with Gasteiger partial charge in [-0.15, -0.1) is 0 Å². The van der Waals surface area contributed by atoms with Crippen molar-refractivity contribution in [2.45, 2.75) is 31.3 Å². The van der Waals surface area contributed by atoms with Gasteiger partial charge in [-0.1, -0.05) is 0 Å². The molecule has 1 amide bonds. The third-order valence-electron chi connectivity index (χ3n) is 5.17. The first-order valence-electron chi connectivity index (χ1n) is 9.31. The van der Waals surface area contributed by atoms with Gasteiger partial charge in [0.25, 0.3) is 6.43 Å². The number of carbonyl (C=O) groups excluding carboxylic acids is 1. The second kappa shape index (κ2) is 7.97. The Morgan fingerprint density at radius 1 is 1.10 bits per heavy atom. The molecule has 2 N–H and O–H groups in total. The molecular weight excluding hydrogens is 407 g/mol. The summed E-state index contributed by atoms with van der Waals surface area (Å²) in [6.45, 7) is -0.801. The van der Waals surface area contributed by atoms with Gasteiger partial charge in [0.1, 0.15) is 23.6 Å². The molecule has 4 rings (SSSR count). The average molecular weight is 424 g/mol. The molecule has 0 unspecified atom stereocenters. The molecule has 2 aromatic carbocycles. The molecule has 1 aliphatic rings. The minimum atomic E-state index is -2.68. The Kier molecular flexibility index (Phi) is 5.36. The van der Waals surface area contributed by atoms with E-state index in [4.69, 9.17) is 4.74 Å². The Morgan fingerprint density at radius 2 is 1.80 bits per heavy atom. The quantitative estimate of drug-likeness (QED) is 0.533. The van der Waals surface area contributed by atoms with Crippen molar-refractivity contribution in [2.24, 2.45) is 0 Å². The first kappa shape index (κ1) is 20.2. The van der Waals surface area contributed by atoms with Crippen LogP contribution in [-0.2, 0) is 4.74 Å². The van der Waals surface area contributed by atoms with Crippen molar-refractivity contribution in [3.05, 3.63) is 59.4 Å². The van der Waals surface area contributed by atoms with E-state index < -0.39 is 42.6 Å². The van der Waals surface area contributed by atoms with Gasteiger partial charge in [0.15, 0.2) is 0 Å². The zero-order chi connectivity index (χ0) is 21.4. The van der Waals surface area contributed by atoms with Crippen molar-refractivity contribution < 1.29 is 31.5 Å². The fourth-order valence-corrected chi connectivity index (χ4v) is 3.76. The van der Waals surface area contributed by atoms with E-state index in [9.17, 15) is 26.7 Å². The summed E-state index contributed by atoms with van der Waals surface area (Å²) in [5.41, 5.74) is 1.90. The van der Waals surface area contributed by atoms with Crippen molar-refractivity contribution >= 4 is 17.0 Å². The number of rotatable bonds is 5. The predicted octanol–water partition coefficient (Wildman–Crippen LogP) is 5.49. The second-order valence-electron chi connectivity index (χ2n) is 7.20. The molecule has 1 aromatic heterocycles. The molecular formula is C21H17F5N2O2. The average Bonchev–Trinajstić information content (AvgIpc) is 3.02. The molecule has 0 bridgehead atoms. The number of fused-ring (bicyclic) bond motifs is 1. The van der Waals surface area contributed by atoms with Gasteiger partial charge < -0.3 is 15.0 Å². The van der Waals surface area contributed by atoms with Crippen molar-refractivity contribution in [2.75, 3.05) is 6.54 Å². The number of hydrogen-bond donors (Lipinski definition) is 2. The topological polar surface area (TPSA) is 54.1 Å². The number of ether oxygens (including phenoxy) is 1. The zero-order valence-corrected chi connectivity index (χ0v) is 15.5. The third-order valence-corrected chi connectivity index (χ3v) is 5.17. The van der Waals surface area contributed by atoms with Crippen molar-refractivity contribution in [1.82, 2.24) is 10.3 Å². The van der Waals surface area contributed by atoms with E-state index in [1.165, 1.54) is 30.3 Å². The molecule has 0 radical (unpaired) electrons. The summed E-state index contributed by atoms with van der Waals surface area (Å²) in [6, 6.07) is 7.59. The van der Waals surface area contributed by atoms with Crippen LogP contribution in [0.3, 0.4) is 0 Å². The SMILES string of the molecule is O=C(NCC(F)F)OC1CC(c2c(-c3ccc(F)cc3)[nH]c3c(F)cc(F)cc23)C1. The number of amides is 1. The van der Waals surface area contributed by atoms with Crippen LogP contribution in [0.25, 0.3) is 22.2 Å². The largest absolute Gasteiger partial charge is 0.446 e. The highest BCUT2D eigenvalue weighted by Gasteiger charge is 2.37. The maximum atomic E-state index is 14.3. The summed E-state index contributed by atoms with van der Waals surface area (Å²) < 4.78 is 71.0. The highest BCUT2D eigenvalue weighted by Crippen LogP contribution is 2.46. The third kappa shape index (κ3) is 3.96. The lowest BCUT2D eigenvalue weighted by molar-refractivity contribution is 0.0361. The lowest BCUT2D eigenvalue weighted by atomic mass is 9.75. The molecule has 1 heterocycles. The molecule has 1 saturated carbocycles. The molecule has 4 nitrogen and oxygen atoms in total. The van der Waals surface area contributed by atoms with Gasteiger partial charge in [-0.2, -0.15) is 0 Å². The summed E-state index contributed by atoms with van der Waals surface area (Å²) in [5.74, 6) is -2.10. The molecule has 30 heavy (non-hydrogen) atoms. The highest BCUT2D eigenvalue weighted by atomic mass is 19.3. The number of aromatic amines is 1. The minimum Gasteiger partial charge on any atom is -0.446 e. The van der Waals surface area contributed by atoms with Crippen LogP contribution >= 0.6 is 0 Å². The predicted molar refractivity (Wildman–Crippen MR) is 99.9 cm³/mol. The maximum absolute atomic E-state index is 14.3. The molecule has 0 atom stereocenters. The van der Waals surface area contributed by atoms with Crippen LogP contribution < -0.4 is 5.32 Å². The van der Waals surface area contributed by atoms with Gasteiger partial charge in [0, 0.05) is 11.5 Å². The molecule has 158 valence electrons. The molecule has 9 heteroatoms. The van der Waals surface area contributed by atoms with Gasteiger partial charge in [-0.25, -0.2) is 26.7 Å². The molecule has 0 aliphatic heterocycles. The van der Waals surface area contributed by atoms with Gasteiger partial charge >= 0.3 is 6.09 Å². The van der Waals surface area contributed by atoms with E-state index in [2.05, 4.69) is 4.98 Å². The lowest BCUT2D eigenvalue weighted by Crippen LogP contribution is -2.37. The van der Waals surface area contributed by atoms with E-state index in [0.717, 1.165) is 6.07 Å². The first-order valence-corrected chi connectivity index (χ1v) is 9.31. The maximum Gasteiger partial charge on any atom is 0.407 e. The number of alkyl carbamates (subject to hydrolysis) is 1. The van der Waals surface area contributed by atoms with Crippen molar-refractivity contribution in [3.8, 4) is 11.3 Å². The Bertz CT molecular complexity index is 1080. The first-order chi connectivity index (χ1) is 14.3. The fraction of sp³-hybridized carbons (Fsp3) is 0.286. The number of nitrogens with one attached hydrogen (secondary N) is 2. The van der Waals surface area contributed by atoms with Gasteiger partial charge in [0.2, 0.25) is 0 Å². The number of aromatic nitrogens is 1. The smallest absolute Gasteiger partial charge is 0.407 e. The van der Waals surface area contributed by atoms with E-state index in [0.29, 0.717) is 35.0 Å². The monoisotopic (exact) mass is 424 g/mol. The van der Waals surface area contributed by atoms with E-state index >= 15 is 0 Å². The van der Waals surface area contributed by atoms with Gasteiger partial charge in [0.05, 0.1) is 17.8 Å². The van der Waals surface area contributed by atoms with E-state index in [-0.39, 0.29) is 11.4 Å². The Hall–Kier alpha value is -3.10. The van der Waals surface area contributed by atoms with Crippen molar-refractivity contribution in [3.63, 3.8) is 0 Å². The summed E-state index contributed by atoms with van der Waals surface area (Å²) in [7, 11) is 0. The molecule has 1 fully saturated rings. The van der Waals surface area contributed by atoms with Gasteiger partial charge in [-0.3, -0.25) is 0 Å². The van der Waals surface area contributed by atoms with Crippen LogP contribution in [0.5, 0.6) is 0 Å². The van der Waals surface area contributed by atoms with Gasteiger partial charge in [-0.05, 0) is 60.2 Å². The van der Waals surface area contributed by atoms with E-state index in [1.54, 1.807) is 0 Å². The Labute approximate surface area is 168 Å². The summed E-state index contributed by atoms with van der Waals surface area (Å²) in [4.78, 5) is 14.5. The molecule has 1 aliphatic carbocycles. The summed E-state index contributed by atoms with van der Waals surface area (Å²) in [5, 5.41) is 2.32. The summed E-state index contributed by atoms with van der Waals surface area (Å²) in [6.07, 6.45) is -3.39. The number of benzene rings is 2. The standard InChI is InChI=1S/C21H17F5N2O2/c22-12-3-1-10(2-4-12)19-18(15-7-13(23)8-16(24)20(15)28-19)11-5-14(6-11)30-21(29)27-9-17(25)26/h1-4,7-8,11,14,17,28H,5-6,9H2,(H,27,29). The minimum absolute atomic E-state index is 0.129. The Balaban J connectivity index is 1.61. The second-order valence-corrected chi connectivity index (χ2v) is 7.20. The number of carbonyl (C=O) groups is 1.